The third-order valence-electron chi connectivity index (χ3n) is 5.31. The maximum atomic E-state index is 13.1. The number of methoxy groups -OCH3 is 2. The molecule has 0 aromatic heterocycles. The molecule has 2 aromatic rings. The Labute approximate surface area is 189 Å². The van der Waals surface area contributed by atoms with Crippen LogP contribution in [-0.2, 0) is 10.0 Å². The molecule has 1 aliphatic heterocycles. The van der Waals surface area contributed by atoms with Crippen molar-refractivity contribution in [3.05, 3.63) is 48.0 Å². The lowest BCUT2D eigenvalue weighted by atomic mass is 10.1. The topological polar surface area (TPSA) is 94.2 Å². The number of ether oxygens (including phenoxy) is 3. The number of hydrogen-bond acceptors (Lipinski definition) is 6. The summed E-state index contributed by atoms with van der Waals surface area (Å²) < 4.78 is 44.2. The van der Waals surface area contributed by atoms with Crippen LogP contribution < -0.4 is 18.9 Å². The van der Waals surface area contributed by atoms with E-state index in [2.05, 4.69) is 4.72 Å². The van der Waals surface area contributed by atoms with Crippen molar-refractivity contribution in [2.24, 2.45) is 0 Å². The second-order valence-corrected chi connectivity index (χ2v) is 9.26. The molecule has 1 N–H and O–H groups in total. The summed E-state index contributed by atoms with van der Waals surface area (Å²) in [6, 6.07) is 11.4. The third-order valence-corrected chi connectivity index (χ3v) is 6.77. The summed E-state index contributed by atoms with van der Waals surface area (Å²) in [5.74, 6) is 1.39. The number of rotatable bonds is 9. The molecule has 1 heterocycles. The molecule has 1 amide bonds. The highest BCUT2D eigenvalue weighted by atomic mass is 32.2. The number of nitrogens with one attached hydrogen (secondary N) is 1. The average molecular weight is 463 g/mol. The monoisotopic (exact) mass is 462 g/mol. The van der Waals surface area contributed by atoms with Crippen LogP contribution in [0.15, 0.2) is 47.4 Å². The van der Waals surface area contributed by atoms with Gasteiger partial charge < -0.3 is 19.1 Å². The van der Waals surface area contributed by atoms with Crippen molar-refractivity contribution in [2.45, 2.75) is 30.6 Å². The zero-order valence-electron chi connectivity index (χ0n) is 18.5. The largest absolute Gasteiger partial charge is 0.497 e. The van der Waals surface area contributed by atoms with Crippen LogP contribution in [-0.4, -0.2) is 59.7 Å². The van der Waals surface area contributed by atoms with Crippen molar-refractivity contribution in [2.75, 3.05) is 40.5 Å². The number of nitrogens with zero attached hydrogens (tertiary/aromatic N) is 1. The fourth-order valence-electron chi connectivity index (χ4n) is 3.58. The highest BCUT2D eigenvalue weighted by molar-refractivity contribution is 7.89. The summed E-state index contributed by atoms with van der Waals surface area (Å²) in [6.07, 6.45) is 4.08. The van der Waals surface area contributed by atoms with E-state index in [-0.39, 0.29) is 29.5 Å². The van der Waals surface area contributed by atoms with Gasteiger partial charge in [-0.3, -0.25) is 4.79 Å². The average Bonchev–Trinajstić information content (AvgIpc) is 3.11. The van der Waals surface area contributed by atoms with E-state index in [1.54, 1.807) is 36.3 Å². The first kappa shape index (κ1) is 23.9. The Hall–Kier alpha value is -2.78. The van der Waals surface area contributed by atoms with Crippen molar-refractivity contribution in [1.29, 1.82) is 0 Å². The number of amides is 1. The summed E-state index contributed by atoms with van der Waals surface area (Å²) in [5, 5.41) is 0. The first-order valence-corrected chi connectivity index (χ1v) is 12.2. The van der Waals surface area contributed by atoms with Crippen LogP contribution in [0.2, 0.25) is 0 Å². The molecule has 174 valence electrons. The van der Waals surface area contributed by atoms with E-state index in [1.165, 1.54) is 25.3 Å². The van der Waals surface area contributed by atoms with Crippen LogP contribution in [0.1, 0.15) is 36.0 Å². The Balaban J connectivity index is 1.67. The van der Waals surface area contributed by atoms with Crippen LogP contribution in [0.3, 0.4) is 0 Å². The summed E-state index contributed by atoms with van der Waals surface area (Å²) >= 11 is 0. The zero-order valence-corrected chi connectivity index (χ0v) is 19.3. The molecule has 8 nitrogen and oxygen atoms in total. The van der Waals surface area contributed by atoms with Gasteiger partial charge in [-0.1, -0.05) is 18.9 Å². The summed E-state index contributed by atoms with van der Waals surface area (Å²) in [7, 11) is -0.795. The second-order valence-electron chi connectivity index (χ2n) is 7.49. The molecule has 0 saturated carbocycles. The van der Waals surface area contributed by atoms with Crippen LogP contribution in [0, 0.1) is 0 Å². The van der Waals surface area contributed by atoms with Crippen LogP contribution >= 0.6 is 0 Å². The zero-order chi connectivity index (χ0) is 23.0. The fraction of sp³-hybridized carbons (Fsp3) is 0.435. The van der Waals surface area contributed by atoms with Gasteiger partial charge >= 0.3 is 0 Å². The number of hydrogen-bond donors (Lipinski definition) is 1. The summed E-state index contributed by atoms with van der Waals surface area (Å²) in [6.45, 7) is 1.54. The molecule has 1 saturated heterocycles. The first-order chi connectivity index (χ1) is 15.4. The maximum Gasteiger partial charge on any atom is 0.257 e. The Morgan fingerprint density at radius 3 is 2.38 bits per heavy atom. The van der Waals surface area contributed by atoms with Crippen LogP contribution in [0.5, 0.6) is 17.2 Å². The molecule has 9 heteroatoms. The SMILES string of the molecule is COc1cccc(OCCNS(=O)(=O)c2ccc(OC)c(C(=O)N3CCCCCC3)c2)c1. The maximum absolute atomic E-state index is 13.1. The Kier molecular flexibility index (Phi) is 8.35. The van der Waals surface area contributed by atoms with E-state index in [1.807, 2.05) is 0 Å². The predicted octanol–water partition coefficient (Wildman–Crippen LogP) is 3.08. The van der Waals surface area contributed by atoms with Gasteiger partial charge in [0.1, 0.15) is 23.9 Å². The van der Waals surface area contributed by atoms with Gasteiger partial charge in [-0.15, -0.1) is 0 Å². The van der Waals surface area contributed by atoms with Crippen LogP contribution in [0.25, 0.3) is 0 Å². The lowest BCUT2D eigenvalue weighted by Gasteiger charge is -2.22. The minimum Gasteiger partial charge on any atom is -0.497 e. The molecular weight excluding hydrogens is 432 g/mol. The quantitative estimate of drug-likeness (QED) is 0.576. The van der Waals surface area contributed by atoms with E-state index in [0.29, 0.717) is 30.3 Å². The molecule has 0 spiro atoms. The molecule has 0 atom stereocenters. The van der Waals surface area contributed by atoms with Crippen molar-refractivity contribution < 1.29 is 27.4 Å². The molecule has 2 aromatic carbocycles. The Morgan fingerprint density at radius 2 is 1.69 bits per heavy atom. The van der Waals surface area contributed by atoms with Gasteiger partial charge in [0.2, 0.25) is 10.0 Å². The molecule has 1 fully saturated rings. The van der Waals surface area contributed by atoms with E-state index in [9.17, 15) is 13.2 Å². The number of benzene rings is 2. The minimum absolute atomic E-state index is 0.0119. The lowest BCUT2D eigenvalue weighted by Crippen LogP contribution is -2.32. The van der Waals surface area contributed by atoms with Gasteiger partial charge in [0.25, 0.3) is 5.91 Å². The highest BCUT2D eigenvalue weighted by Crippen LogP contribution is 2.25. The highest BCUT2D eigenvalue weighted by Gasteiger charge is 2.24. The van der Waals surface area contributed by atoms with Crippen LogP contribution in [0.4, 0.5) is 0 Å². The molecule has 0 unspecified atom stereocenters. The minimum atomic E-state index is -3.83. The Morgan fingerprint density at radius 1 is 0.969 bits per heavy atom. The Bertz CT molecular complexity index is 1020. The summed E-state index contributed by atoms with van der Waals surface area (Å²) in [5.41, 5.74) is 0.255. The predicted molar refractivity (Wildman–Crippen MR) is 121 cm³/mol. The number of likely N-dealkylation sites (tertiary alicyclic amines) is 1. The number of sulfonamides is 1. The van der Waals surface area contributed by atoms with Gasteiger partial charge in [0.05, 0.1) is 24.7 Å². The molecular formula is C23H30N2O6S. The van der Waals surface area contributed by atoms with Gasteiger partial charge in [-0.25, -0.2) is 13.1 Å². The molecule has 0 bridgehead atoms. The fourth-order valence-corrected chi connectivity index (χ4v) is 4.62. The van der Waals surface area contributed by atoms with Gasteiger partial charge in [0.15, 0.2) is 0 Å². The van der Waals surface area contributed by atoms with Crippen molar-refractivity contribution in [3.63, 3.8) is 0 Å². The van der Waals surface area contributed by atoms with E-state index >= 15 is 0 Å². The van der Waals surface area contributed by atoms with Crippen molar-refractivity contribution >= 4 is 15.9 Å². The standard InChI is InChI=1S/C23H30N2O6S/c1-29-18-8-7-9-19(16-18)31-15-12-24-32(27,28)20-10-11-22(30-2)21(17-20)23(26)25-13-5-3-4-6-14-25/h7-11,16-17,24H,3-6,12-15H2,1-2H3. The normalized spacial score (nSPS) is 14.5. The smallest absolute Gasteiger partial charge is 0.257 e. The molecule has 3 rings (SSSR count). The van der Waals surface area contributed by atoms with Crippen molar-refractivity contribution in [1.82, 2.24) is 9.62 Å². The number of carbonyl (C=O) groups excluding carboxylic acids is 1. The first-order valence-electron chi connectivity index (χ1n) is 10.7. The third kappa shape index (κ3) is 6.14. The van der Waals surface area contributed by atoms with Gasteiger partial charge in [-0.05, 0) is 43.2 Å². The van der Waals surface area contributed by atoms with Crippen molar-refractivity contribution in [3.8, 4) is 17.2 Å². The van der Waals surface area contributed by atoms with E-state index < -0.39 is 10.0 Å². The summed E-state index contributed by atoms with van der Waals surface area (Å²) in [4.78, 5) is 14.9. The molecule has 0 radical (unpaired) electrons. The van der Waals surface area contributed by atoms with E-state index in [4.69, 9.17) is 14.2 Å². The molecule has 1 aliphatic rings. The second kappa shape index (κ2) is 11.2. The van der Waals surface area contributed by atoms with Gasteiger partial charge in [-0.2, -0.15) is 0 Å². The number of carbonyl (C=O) groups is 1. The van der Waals surface area contributed by atoms with E-state index in [0.717, 1.165) is 25.7 Å². The molecule has 0 aliphatic carbocycles. The van der Waals surface area contributed by atoms with Gasteiger partial charge in [0, 0.05) is 25.7 Å². The molecule has 32 heavy (non-hydrogen) atoms. The lowest BCUT2D eigenvalue weighted by molar-refractivity contribution is 0.0758.